The standard InChI is InChI=1S/C22H21ClN2O4S/c1-24(19-8-6-16-4-2-3-5-17(16)14-19)22(26)18-7-9-20(23)21(15-18)30(27,28)25-10-12-29-13-11-25/h2-9,14-15H,10-13H2,1H3. The molecule has 6 nitrogen and oxygen atoms in total. The monoisotopic (exact) mass is 444 g/mol. The van der Waals surface area contributed by atoms with Crippen molar-refractivity contribution in [1.82, 2.24) is 4.31 Å². The molecule has 0 aliphatic carbocycles. The zero-order valence-corrected chi connectivity index (χ0v) is 18.0. The molecule has 1 heterocycles. The summed E-state index contributed by atoms with van der Waals surface area (Å²) in [5.74, 6) is -0.319. The fraction of sp³-hybridized carbons (Fsp3) is 0.227. The second-order valence-electron chi connectivity index (χ2n) is 7.06. The molecule has 30 heavy (non-hydrogen) atoms. The molecule has 0 aromatic heterocycles. The van der Waals surface area contributed by atoms with E-state index in [1.54, 1.807) is 13.1 Å². The molecule has 0 unspecified atom stereocenters. The molecule has 3 aromatic rings. The SMILES string of the molecule is CN(C(=O)c1ccc(Cl)c(S(=O)(=O)N2CCOCC2)c1)c1ccc2ccccc2c1. The van der Waals surface area contributed by atoms with Gasteiger partial charge in [-0.05, 0) is 41.1 Å². The van der Waals surface area contributed by atoms with E-state index in [1.165, 1.54) is 21.3 Å². The van der Waals surface area contributed by atoms with Gasteiger partial charge in [0.25, 0.3) is 5.91 Å². The van der Waals surface area contributed by atoms with E-state index in [9.17, 15) is 13.2 Å². The quantitative estimate of drug-likeness (QED) is 0.614. The Balaban J connectivity index is 1.66. The van der Waals surface area contributed by atoms with Gasteiger partial charge < -0.3 is 9.64 Å². The lowest BCUT2D eigenvalue weighted by Gasteiger charge is -2.26. The molecule has 8 heteroatoms. The first-order valence-electron chi connectivity index (χ1n) is 9.52. The van der Waals surface area contributed by atoms with Gasteiger partial charge >= 0.3 is 0 Å². The van der Waals surface area contributed by atoms with E-state index in [0.29, 0.717) is 18.9 Å². The fourth-order valence-electron chi connectivity index (χ4n) is 3.46. The van der Waals surface area contributed by atoms with Crippen molar-refractivity contribution in [2.24, 2.45) is 0 Å². The van der Waals surface area contributed by atoms with E-state index >= 15 is 0 Å². The van der Waals surface area contributed by atoms with Crippen LogP contribution in [0.3, 0.4) is 0 Å². The summed E-state index contributed by atoms with van der Waals surface area (Å²) in [6.45, 7) is 1.18. The number of fused-ring (bicyclic) bond motifs is 1. The summed E-state index contributed by atoms with van der Waals surface area (Å²) in [6.07, 6.45) is 0. The minimum atomic E-state index is -3.82. The number of hydrogen-bond donors (Lipinski definition) is 0. The lowest BCUT2D eigenvalue weighted by atomic mass is 10.1. The Bertz CT molecular complexity index is 1210. The van der Waals surface area contributed by atoms with Gasteiger partial charge in [0.05, 0.1) is 18.2 Å². The Labute approximate surface area is 180 Å². The molecule has 1 aliphatic heterocycles. The van der Waals surface area contributed by atoms with E-state index in [1.807, 2.05) is 42.5 Å². The summed E-state index contributed by atoms with van der Waals surface area (Å²) in [6, 6.07) is 18.0. The van der Waals surface area contributed by atoms with Crippen LogP contribution in [-0.4, -0.2) is 52.0 Å². The summed E-state index contributed by atoms with van der Waals surface area (Å²) < 4.78 is 32.6. The molecule has 0 spiro atoms. The average Bonchev–Trinajstić information content (AvgIpc) is 2.78. The minimum Gasteiger partial charge on any atom is -0.379 e. The number of halogens is 1. The number of morpholine rings is 1. The first-order chi connectivity index (χ1) is 14.4. The van der Waals surface area contributed by atoms with Crippen LogP contribution < -0.4 is 4.90 Å². The highest BCUT2D eigenvalue weighted by Gasteiger charge is 2.29. The first kappa shape index (κ1) is 20.8. The van der Waals surface area contributed by atoms with E-state index in [2.05, 4.69) is 0 Å². The van der Waals surface area contributed by atoms with Crippen LogP contribution in [0, 0.1) is 0 Å². The van der Waals surface area contributed by atoms with Gasteiger partial charge in [-0.3, -0.25) is 4.79 Å². The second kappa shape index (κ2) is 8.35. The van der Waals surface area contributed by atoms with Gasteiger partial charge in [0.1, 0.15) is 4.90 Å². The van der Waals surface area contributed by atoms with Crippen LogP contribution in [0.5, 0.6) is 0 Å². The molecule has 1 saturated heterocycles. The van der Waals surface area contributed by atoms with Gasteiger partial charge in [-0.1, -0.05) is 41.9 Å². The van der Waals surface area contributed by atoms with Crippen LogP contribution >= 0.6 is 11.6 Å². The zero-order valence-electron chi connectivity index (χ0n) is 16.4. The smallest absolute Gasteiger partial charge is 0.258 e. The molecule has 0 bridgehead atoms. The Hall–Kier alpha value is -2.45. The third-order valence-electron chi connectivity index (χ3n) is 5.19. The third-order valence-corrected chi connectivity index (χ3v) is 7.57. The Kier molecular flexibility index (Phi) is 5.79. The van der Waals surface area contributed by atoms with Crippen LogP contribution in [0.4, 0.5) is 5.69 Å². The molecule has 4 rings (SSSR count). The number of ether oxygens (including phenoxy) is 1. The maximum atomic E-state index is 13.1. The third kappa shape index (κ3) is 3.94. The molecular weight excluding hydrogens is 424 g/mol. The molecule has 0 N–H and O–H groups in total. The van der Waals surface area contributed by atoms with Crippen LogP contribution in [0.1, 0.15) is 10.4 Å². The lowest BCUT2D eigenvalue weighted by molar-refractivity contribution is 0.0730. The van der Waals surface area contributed by atoms with Gasteiger partial charge in [0, 0.05) is 31.4 Å². The van der Waals surface area contributed by atoms with Gasteiger partial charge in [0.2, 0.25) is 10.0 Å². The Morgan fingerprint density at radius 3 is 2.43 bits per heavy atom. The van der Waals surface area contributed by atoms with Crippen molar-refractivity contribution in [3.05, 3.63) is 71.2 Å². The molecule has 1 fully saturated rings. The topological polar surface area (TPSA) is 66.9 Å². The highest BCUT2D eigenvalue weighted by molar-refractivity contribution is 7.89. The lowest BCUT2D eigenvalue weighted by Crippen LogP contribution is -2.40. The summed E-state index contributed by atoms with van der Waals surface area (Å²) in [4.78, 5) is 14.5. The zero-order chi connectivity index (χ0) is 21.3. The van der Waals surface area contributed by atoms with Crippen molar-refractivity contribution in [3.63, 3.8) is 0 Å². The predicted octanol–water partition coefficient (Wildman–Crippen LogP) is 3.79. The van der Waals surface area contributed by atoms with Crippen molar-refractivity contribution in [1.29, 1.82) is 0 Å². The number of amides is 1. The van der Waals surface area contributed by atoms with Gasteiger partial charge in [-0.25, -0.2) is 8.42 Å². The number of anilines is 1. The number of sulfonamides is 1. The number of benzene rings is 3. The molecule has 156 valence electrons. The summed E-state index contributed by atoms with van der Waals surface area (Å²) in [5.41, 5.74) is 0.966. The summed E-state index contributed by atoms with van der Waals surface area (Å²) in [7, 11) is -2.15. The first-order valence-corrected chi connectivity index (χ1v) is 11.3. The largest absolute Gasteiger partial charge is 0.379 e. The number of nitrogens with zero attached hydrogens (tertiary/aromatic N) is 2. The normalized spacial score (nSPS) is 15.3. The van der Waals surface area contributed by atoms with Crippen molar-refractivity contribution in [2.75, 3.05) is 38.3 Å². The number of carbonyl (C=O) groups excluding carboxylic acids is 1. The maximum Gasteiger partial charge on any atom is 0.258 e. The van der Waals surface area contributed by atoms with E-state index < -0.39 is 10.0 Å². The van der Waals surface area contributed by atoms with E-state index in [-0.39, 0.29) is 34.5 Å². The summed E-state index contributed by atoms with van der Waals surface area (Å²) in [5, 5.41) is 2.18. The fourth-order valence-corrected chi connectivity index (χ4v) is 5.36. The van der Waals surface area contributed by atoms with E-state index in [4.69, 9.17) is 16.3 Å². The Morgan fingerprint density at radius 1 is 1.00 bits per heavy atom. The van der Waals surface area contributed by atoms with Crippen LogP contribution in [-0.2, 0) is 14.8 Å². The van der Waals surface area contributed by atoms with Crippen molar-refractivity contribution >= 4 is 44.0 Å². The predicted molar refractivity (Wildman–Crippen MR) is 118 cm³/mol. The average molecular weight is 445 g/mol. The van der Waals surface area contributed by atoms with Crippen molar-refractivity contribution < 1.29 is 17.9 Å². The second-order valence-corrected chi connectivity index (χ2v) is 9.37. The van der Waals surface area contributed by atoms with Crippen molar-refractivity contribution in [3.8, 4) is 0 Å². The highest BCUT2D eigenvalue weighted by atomic mass is 35.5. The highest BCUT2D eigenvalue weighted by Crippen LogP contribution is 2.28. The van der Waals surface area contributed by atoms with Crippen LogP contribution in [0.25, 0.3) is 10.8 Å². The number of rotatable bonds is 4. The van der Waals surface area contributed by atoms with Crippen LogP contribution in [0.2, 0.25) is 5.02 Å². The molecular formula is C22H21ClN2O4S. The van der Waals surface area contributed by atoms with Gasteiger partial charge in [-0.2, -0.15) is 4.31 Å². The minimum absolute atomic E-state index is 0.0659. The Morgan fingerprint density at radius 2 is 1.70 bits per heavy atom. The summed E-state index contributed by atoms with van der Waals surface area (Å²) >= 11 is 6.20. The number of hydrogen-bond acceptors (Lipinski definition) is 4. The van der Waals surface area contributed by atoms with Gasteiger partial charge in [0.15, 0.2) is 0 Å². The van der Waals surface area contributed by atoms with Crippen molar-refractivity contribution in [2.45, 2.75) is 4.90 Å². The van der Waals surface area contributed by atoms with Gasteiger partial charge in [-0.15, -0.1) is 0 Å². The molecule has 3 aromatic carbocycles. The molecule has 0 atom stereocenters. The molecule has 1 aliphatic rings. The molecule has 0 radical (unpaired) electrons. The number of carbonyl (C=O) groups is 1. The molecule has 1 amide bonds. The van der Waals surface area contributed by atoms with E-state index in [0.717, 1.165) is 10.8 Å². The van der Waals surface area contributed by atoms with Crippen LogP contribution in [0.15, 0.2) is 65.6 Å². The maximum absolute atomic E-state index is 13.1. The molecule has 0 saturated carbocycles.